The van der Waals surface area contributed by atoms with Crippen LogP contribution in [0.15, 0.2) is 6.07 Å². The second-order valence-corrected chi connectivity index (χ2v) is 5.62. The number of nitrogens with two attached hydrogens (primary N) is 1. The van der Waals surface area contributed by atoms with E-state index < -0.39 is 0 Å². The van der Waals surface area contributed by atoms with Crippen LogP contribution in [0.5, 0.6) is 0 Å². The van der Waals surface area contributed by atoms with Crippen LogP contribution in [0.3, 0.4) is 0 Å². The number of nitrogen functional groups attached to an aromatic ring is 1. The van der Waals surface area contributed by atoms with E-state index in [-0.39, 0.29) is 0 Å². The highest BCUT2D eigenvalue weighted by atomic mass is 15.3. The van der Waals surface area contributed by atoms with Gasteiger partial charge < -0.3 is 10.7 Å². The van der Waals surface area contributed by atoms with Crippen molar-refractivity contribution < 1.29 is 0 Å². The summed E-state index contributed by atoms with van der Waals surface area (Å²) in [4.78, 5) is 9.00. The van der Waals surface area contributed by atoms with Crippen molar-refractivity contribution in [1.82, 2.24) is 9.97 Å². The molecule has 0 aliphatic heterocycles. The number of hydrazine groups is 1. The first-order chi connectivity index (χ1) is 8.74. The maximum Gasteiger partial charge on any atom is 0.145 e. The van der Waals surface area contributed by atoms with Crippen LogP contribution < -0.4 is 16.6 Å². The first-order valence-electron chi connectivity index (χ1n) is 6.84. The van der Waals surface area contributed by atoms with Gasteiger partial charge in [0.15, 0.2) is 0 Å². The zero-order valence-electron chi connectivity index (χ0n) is 10.9. The van der Waals surface area contributed by atoms with E-state index in [0.29, 0.717) is 17.2 Å². The fourth-order valence-electron chi connectivity index (χ4n) is 2.26. The molecular weight excluding hydrogens is 226 g/mol. The van der Waals surface area contributed by atoms with Gasteiger partial charge in [0.05, 0.1) is 0 Å². The first-order valence-corrected chi connectivity index (χ1v) is 6.84. The molecule has 18 heavy (non-hydrogen) atoms. The summed E-state index contributed by atoms with van der Waals surface area (Å²) in [5.41, 5.74) is 3.14. The lowest BCUT2D eigenvalue weighted by Crippen LogP contribution is -2.17. The van der Waals surface area contributed by atoms with Crippen LogP contribution in [0, 0.1) is 5.41 Å². The van der Waals surface area contributed by atoms with Crippen molar-refractivity contribution >= 4 is 11.6 Å². The SMILES string of the molecule is CCC1(CNc2cc(NN)nc(C3CC3)n2)CC1. The molecule has 5 nitrogen and oxygen atoms in total. The molecule has 0 spiro atoms. The molecule has 0 unspecified atom stereocenters. The van der Waals surface area contributed by atoms with Gasteiger partial charge in [-0.1, -0.05) is 6.92 Å². The summed E-state index contributed by atoms with van der Waals surface area (Å²) in [5, 5.41) is 3.45. The summed E-state index contributed by atoms with van der Waals surface area (Å²) in [6, 6.07) is 1.89. The van der Waals surface area contributed by atoms with E-state index >= 15 is 0 Å². The predicted molar refractivity (Wildman–Crippen MR) is 72.3 cm³/mol. The molecule has 3 rings (SSSR count). The average molecular weight is 247 g/mol. The summed E-state index contributed by atoms with van der Waals surface area (Å²) in [7, 11) is 0. The Kier molecular flexibility index (Phi) is 2.86. The van der Waals surface area contributed by atoms with Crippen molar-refractivity contribution in [1.29, 1.82) is 0 Å². The molecule has 0 atom stereocenters. The van der Waals surface area contributed by atoms with Gasteiger partial charge in [0.2, 0.25) is 0 Å². The van der Waals surface area contributed by atoms with Gasteiger partial charge in [0, 0.05) is 18.5 Å². The quantitative estimate of drug-likeness (QED) is 0.531. The van der Waals surface area contributed by atoms with Crippen LogP contribution >= 0.6 is 0 Å². The zero-order chi connectivity index (χ0) is 12.6. The van der Waals surface area contributed by atoms with E-state index in [9.17, 15) is 0 Å². The van der Waals surface area contributed by atoms with E-state index in [4.69, 9.17) is 5.84 Å². The topological polar surface area (TPSA) is 75.9 Å². The Hall–Kier alpha value is -1.36. The van der Waals surface area contributed by atoms with Crippen molar-refractivity contribution in [3.8, 4) is 0 Å². The summed E-state index contributed by atoms with van der Waals surface area (Å²) in [6.45, 7) is 3.27. The lowest BCUT2D eigenvalue weighted by Gasteiger charge is -2.15. The Morgan fingerprint density at radius 1 is 1.33 bits per heavy atom. The third-order valence-corrected chi connectivity index (χ3v) is 4.19. The van der Waals surface area contributed by atoms with Crippen molar-refractivity contribution in [2.24, 2.45) is 11.3 Å². The molecule has 2 saturated carbocycles. The first kappa shape index (κ1) is 11.7. The molecule has 4 N–H and O–H groups in total. The molecule has 98 valence electrons. The highest BCUT2D eigenvalue weighted by molar-refractivity contribution is 5.47. The molecule has 0 saturated heterocycles. The van der Waals surface area contributed by atoms with E-state index in [2.05, 4.69) is 27.6 Å². The number of nitrogens with one attached hydrogen (secondary N) is 2. The van der Waals surface area contributed by atoms with Crippen molar-refractivity contribution in [3.63, 3.8) is 0 Å². The highest BCUT2D eigenvalue weighted by Gasteiger charge is 2.40. The van der Waals surface area contributed by atoms with Crippen LogP contribution in [0.1, 0.15) is 50.8 Å². The Balaban J connectivity index is 1.72. The van der Waals surface area contributed by atoms with Gasteiger partial charge >= 0.3 is 0 Å². The van der Waals surface area contributed by atoms with Crippen LogP contribution in [-0.2, 0) is 0 Å². The molecule has 2 fully saturated rings. The van der Waals surface area contributed by atoms with E-state index in [1.165, 1.54) is 32.1 Å². The van der Waals surface area contributed by atoms with Crippen molar-refractivity contribution in [2.75, 3.05) is 17.3 Å². The van der Waals surface area contributed by atoms with Gasteiger partial charge in [0.1, 0.15) is 17.5 Å². The Morgan fingerprint density at radius 2 is 2.06 bits per heavy atom. The summed E-state index contributed by atoms with van der Waals surface area (Å²) < 4.78 is 0. The van der Waals surface area contributed by atoms with Crippen molar-refractivity contribution in [2.45, 2.75) is 44.9 Å². The normalized spacial score (nSPS) is 20.6. The molecule has 1 aromatic heterocycles. The smallest absolute Gasteiger partial charge is 0.145 e. The minimum atomic E-state index is 0.515. The fourth-order valence-corrected chi connectivity index (χ4v) is 2.26. The number of nitrogens with zero attached hydrogens (tertiary/aromatic N) is 2. The minimum absolute atomic E-state index is 0.515. The molecule has 5 heteroatoms. The van der Waals surface area contributed by atoms with E-state index in [1.807, 2.05) is 6.07 Å². The van der Waals surface area contributed by atoms with Crippen LogP contribution in [0.2, 0.25) is 0 Å². The molecule has 0 radical (unpaired) electrons. The maximum absolute atomic E-state index is 5.46. The fraction of sp³-hybridized carbons (Fsp3) is 0.692. The number of anilines is 2. The lowest BCUT2D eigenvalue weighted by atomic mass is 10.0. The number of aromatic nitrogens is 2. The molecule has 0 bridgehead atoms. The third-order valence-electron chi connectivity index (χ3n) is 4.19. The van der Waals surface area contributed by atoms with Crippen LogP contribution in [-0.4, -0.2) is 16.5 Å². The van der Waals surface area contributed by atoms with Gasteiger partial charge in [-0.15, -0.1) is 0 Å². The summed E-state index contributed by atoms with van der Waals surface area (Å²) in [5.74, 6) is 8.53. The van der Waals surface area contributed by atoms with Gasteiger partial charge in [0.25, 0.3) is 0 Å². The van der Waals surface area contributed by atoms with Crippen LogP contribution in [0.25, 0.3) is 0 Å². The molecule has 1 aromatic rings. The molecule has 2 aliphatic rings. The van der Waals surface area contributed by atoms with Gasteiger partial charge in [-0.3, -0.25) is 0 Å². The Bertz CT molecular complexity index is 437. The van der Waals surface area contributed by atoms with Gasteiger partial charge in [-0.05, 0) is 37.5 Å². The summed E-state index contributed by atoms with van der Waals surface area (Å²) >= 11 is 0. The van der Waals surface area contributed by atoms with Gasteiger partial charge in [-0.2, -0.15) is 0 Å². The third kappa shape index (κ3) is 2.41. The maximum atomic E-state index is 5.46. The monoisotopic (exact) mass is 247 g/mol. The summed E-state index contributed by atoms with van der Waals surface area (Å²) in [6.07, 6.45) is 6.30. The lowest BCUT2D eigenvalue weighted by molar-refractivity contribution is 0.520. The number of hydrogen-bond acceptors (Lipinski definition) is 5. The van der Waals surface area contributed by atoms with E-state index in [1.54, 1.807) is 0 Å². The standard InChI is InChI=1S/C13H21N5/c1-2-13(5-6-13)8-15-10-7-11(18-14)17-12(16-10)9-3-4-9/h7,9H,2-6,8,14H2,1H3,(H2,15,16,17,18). The molecule has 0 amide bonds. The number of hydrogen-bond donors (Lipinski definition) is 3. The molecule has 0 aromatic carbocycles. The number of rotatable bonds is 6. The zero-order valence-corrected chi connectivity index (χ0v) is 10.9. The molecular formula is C13H21N5. The Labute approximate surface area is 108 Å². The average Bonchev–Trinajstić information content (AvgIpc) is 3.30. The van der Waals surface area contributed by atoms with E-state index in [0.717, 1.165) is 18.2 Å². The van der Waals surface area contributed by atoms with Gasteiger partial charge in [-0.25, -0.2) is 15.8 Å². The minimum Gasteiger partial charge on any atom is -0.369 e. The largest absolute Gasteiger partial charge is 0.369 e. The molecule has 1 heterocycles. The predicted octanol–water partition coefficient (Wildman–Crippen LogP) is 2.24. The molecule has 2 aliphatic carbocycles. The second kappa shape index (κ2) is 4.39. The second-order valence-electron chi connectivity index (χ2n) is 5.62. The van der Waals surface area contributed by atoms with Crippen LogP contribution in [0.4, 0.5) is 11.6 Å². The highest BCUT2D eigenvalue weighted by Crippen LogP contribution is 2.48. The Morgan fingerprint density at radius 3 is 2.61 bits per heavy atom. The van der Waals surface area contributed by atoms with Crippen molar-refractivity contribution in [3.05, 3.63) is 11.9 Å².